The van der Waals surface area contributed by atoms with Crippen molar-refractivity contribution >= 4 is 28.0 Å². The predicted molar refractivity (Wildman–Crippen MR) is 94.2 cm³/mol. The number of nitrogens with zero attached hydrogens (tertiary/aromatic N) is 4. The molecule has 0 amide bonds. The molecule has 0 aliphatic heterocycles. The lowest BCUT2D eigenvalue weighted by Crippen LogP contribution is -2.11. The van der Waals surface area contributed by atoms with Crippen molar-refractivity contribution in [3.63, 3.8) is 0 Å². The van der Waals surface area contributed by atoms with Crippen molar-refractivity contribution in [1.82, 2.24) is 4.98 Å². The lowest BCUT2D eigenvalue weighted by molar-refractivity contribution is -0.385. The fraction of sp³-hybridized carbons (Fsp3) is 0.111. The zero-order chi connectivity index (χ0) is 18.0. The fourth-order valence-electron chi connectivity index (χ4n) is 2.66. The molecule has 0 fully saturated rings. The van der Waals surface area contributed by atoms with E-state index in [2.05, 4.69) is 4.98 Å². The maximum Gasteiger partial charge on any atom is 0.312 e. The van der Waals surface area contributed by atoms with Gasteiger partial charge in [0, 0.05) is 24.2 Å². The summed E-state index contributed by atoms with van der Waals surface area (Å²) in [4.78, 5) is 16.9. The molecule has 0 radical (unpaired) electrons. The number of rotatable bonds is 4. The first-order valence-electron chi connectivity index (χ1n) is 7.41. The van der Waals surface area contributed by atoms with Crippen LogP contribution in [-0.4, -0.2) is 24.1 Å². The normalized spacial score (nSPS) is 10.3. The zero-order valence-electron chi connectivity index (χ0n) is 13.6. The second-order valence-corrected chi connectivity index (χ2v) is 5.33. The van der Waals surface area contributed by atoms with E-state index in [0.717, 1.165) is 11.1 Å². The Morgan fingerprint density at radius 1 is 1.24 bits per heavy atom. The topological polar surface area (TPSA) is 92.3 Å². The molecule has 1 heterocycles. The number of pyridine rings is 1. The van der Waals surface area contributed by atoms with Gasteiger partial charge in [0.15, 0.2) is 5.75 Å². The summed E-state index contributed by atoms with van der Waals surface area (Å²) >= 11 is 0. The van der Waals surface area contributed by atoms with Gasteiger partial charge in [-0.15, -0.1) is 0 Å². The van der Waals surface area contributed by atoms with Crippen molar-refractivity contribution in [3.8, 4) is 11.8 Å². The van der Waals surface area contributed by atoms with Crippen molar-refractivity contribution in [2.24, 2.45) is 0 Å². The predicted octanol–water partition coefficient (Wildman–Crippen LogP) is 3.79. The number of aromatic nitrogens is 1. The Kier molecular flexibility index (Phi) is 4.18. The van der Waals surface area contributed by atoms with E-state index >= 15 is 0 Å². The Hall–Kier alpha value is -3.66. The molecule has 7 heteroatoms. The van der Waals surface area contributed by atoms with Crippen LogP contribution in [-0.2, 0) is 0 Å². The van der Waals surface area contributed by atoms with E-state index in [1.807, 2.05) is 30.3 Å². The number of hydrogen-bond acceptors (Lipinski definition) is 6. The number of benzene rings is 2. The summed E-state index contributed by atoms with van der Waals surface area (Å²) in [6.45, 7) is 0. The van der Waals surface area contributed by atoms with Gasteiger partial charge in [-0.1, -0.05) is 18.2 Å². The van der Waals surface area contributed by atoms with Crippen LogP contribution < -0.4 is 9.64 Å². The molecule has 2 aromatic carbocycles. The number of nitriles is 1. The second kappa shape index (κ2) is 6.45. The molecule has 0 aliphatic carbocycles. The van der Waals surface area contributed by atoms with E-state index in [-0.39, 0.29) is 17.1 Å². The quantitative estimate of drug-likeness (QED) is 0.532. The molecule has 0 spiro atoms. The average Bonchev–Trinajstić information content (AvgIpc) is 2.65. The van der Waals surface area contributed by atoms with E-state index in [4.69, 9.17) is 4.74 Å². The van der Waals surface area contributed by atoms with Crippen LogP contribution in [0.3, 0.4) is 0 Å². The number of methoxy groups -OCH3 is 1. The van der Waals surface area contributed by atoms with Crippen LogP contribution in [0.25, 0.3) is 10.9 Å². The molecule has 0 saturated heterocycles. The highest BCUT2D eigenvalue weighted by Gasteiger charge is 2.18. The van der Waals surface area contributed by atoms with Crippen LogP contribution >= 0.6 is 0 Å². The molecule has 1 aromatic heterocycles. The largest absolute Gasteiger partial charge is 0.490 e. The number of ether oxygens (including phenoxy) is 1. The summed E-state index contributed by atoms with van der Waals surface area (Å²) in [5, 5.41) is 21.3. The van der Waals surface area contributed by atoms with Gasteiger partial charge < -0.3 is 9.64 Å². The summed E-state index contributed by atoms with van der Waals surface area (Å²) in [6, 6.07) is 15.9. The van der Waals surface area contributed by atoms with Crippen molar-refractivity contribution in [3.05, 3.63) is 64.3 Å². The van der Waals surface area contributed by atoms with Crippen molar-refractivity contribution in [2.45, 2.75) is 0 Å². The molecule has 7 nitrogen and oxygen atoms in total. The molecule has 25 heavy (non-hydrogen) atoms. The molecule has 3 rings (SSSR count). The molecule has 0 saturated carbocycles. The van der Waals surface area contributed by atoms with Gasteiger partial charge in [-0.3, -0.25) is 10.1 Å². The molecular formula is C18H14N4O3. The highest BCUT2D eigenvalue weighted by Crippen LogP contribution is 2.36. The number of hydrogen-bond donors (Lipinski definition) is 0. The van der Waals surface area contributed by atoms with Crippen molar-refractivity contribution < 1.29 is 9.66 Å². The second-order valence-electron chi connectivity index (χ2n) is 5.33. The summed E-state index contributed by atoms with van der Waals surface area (Å²) in [5.41, 5.74) is 2.19. The molecule has 124 valence electrons. The van der Waals surface area contributed by atoms with Crippen LogP contribution in [0.15, 0.2) is 48.5 Å². The highest BCUT2D eigenvalue weighted by molar-refractivity contribution is 5.94. The van der Waals surface area contributed by atoms with Crippen LogP contribution in [0, 0.1) is 21.4 Å². The Bertz CT molecular complexity index is 1010. The lowest BCUT2D eigenvalue weighted by atomic mass is 10.1. The van der Waals surface area contributed by atoms with Crippen LogP contribution in [0.1, 0.15) is 5.69 Å². The maximum atomic E-state index is 11.3. The van der Waals surface area contributed by atoms with E-state index < -0.39 is 4.92 Å². The van der Waals surface area contributed by atoms with Crippen LogP contribution in [0.4, 0.5) is 17.1 Å². The lowest BCUT2D eigenvalue weighted by Gasteiger charge is -2.21. The third kappa shape index (κ3) is 2.93. The fourth-order valence-corrected chi connectivity index (χ4v) is 2.66. The molecule has 0 atom stereocenters. The monoisotopic (exact) mass is 334 g/mol. The average molecular weight is 334 g/mol. The van der Waals surface area contributed by atoms with E-state index in [1.54, 1.807) is 30.1 Å². The summed E-state index contributed by atoms with van der Waals surface area (Å²) in [5.74, 6) is 0.194. The third-order valence-corrected chi connectivity index (χ3v) is 3.92. The first-order chi connectivity index (χ1) is 12.0. The zero-order valence-corrected chi connectivity index (χ0v) is 13.6. The van der Waals surface area contributed by atoms with E-state index in [9.17, 15) is 15.4 Å². The smallest absolute Gasteiger partial charge is 0.312 e. The van der Waals surface area contributed by atoms with Gasteiger partial charge in [-0.25, -0.2) is 4.98 Å². The minimum absolute atomic E-state index is 0.120. The SMILES string of the molecule is COc1ccc(N(C)c2cc(C#N)nc3ccccc23)cc1[N+](=O)[O-]. The minimum Gasteiger partial charge on any atom is -0.490 e. The van der Waals surface area contributed by atoms with Gasteiger partial charge in [0.1, 0.15) is 11.8 Å². The Labute approximate surface area is 143 Å². The number of para-hydroxylation sites is 1. The number of nitro benzene ring substituents is 1. The number of fused-ring (bicyclic) bond motifs is 1. The van der Waals surface area contributed by atoms with Gasteiger partial charge in [0.05, 0.1) is 23.2 Å². The Morgan fingerprint density at radius 3 is 2.68 bits per heavy atom. The third-order valence-electron chi connectivity index (χ3n) is 3.92. The molecule has 0 aliphatic rings. The van der Waals surface area contributed by atoms with Crippen LogP contribution in [0.2, 0.25) is 0 Å². The first kappa shape index (κ1) is 16.2. The minimum atomic E-state index is -0.485. The van der Waals surface area contributed by atoms with Crippen molar-refractivity contribution in [2.75, 3.05) is 19.1 Å². The molecule has 3 aromatic rings. The van der Waals surface area contributed by atoms with Gasteiger partial charge in [0.25, 0.3) is 0 Å². The summed E-state index contributed by atoms with van der Waals surface area (Å²) in [7, 11) is 3.18. The first-order valence-corrected chi connectivity index (χ1v) is 7.41. The van der Waals surface area contributed by atoms with Gasteiger partial charge in [-0.05, 0) is 24.3 Å². The summed E-state index contributed by atoms with van der Waals surface area (Å²) < 4.78 is 5.04. The molecular weight excluding hydrogens is 320 g/mol. The van der Waals surface area contributed by atoms with Gasteiger partial charge in [-0.2, -0.15) is 5.26 Å². The molecule has 0 unspecified atom stereocenters. The van der Waals surface area contributed by atoms with Crippen LogP contribution in [0.5, 0.6) is 5.75 Å². The standard InChI is InChI=1S/C18H14N4O3/c1-21(13-7-8-18(25-2)17(10-13)22(23)24)16-9-12(11-19)20-15-6-4-3-5-14(15)16/h3-10H,1-2H3. The maximum absolute atomic E-state index is 11.3. The van der Waals surface area contributed by atoms with E-state index in [1.165, 1.54) is 13.2 Å². The van der Waals surface area contributed by atoms with Gasteiger partial charge in [0.2, 0.25) is 0 Å². The molecule has 0 bridgehead atoms. The highest BCUT2D eigenvalue weighted by atomic mass is 16.6. The Balaban J connectivity index is 2.17. The van der Waals surface area contributed by atoms with Gasteiger partial charge >= 0.3 is 5.69 Å². The van der Waals surface area contributed by atoms with Crippen molar-refractivity contribution in [1.29, 1.82) is 5.26 Å². The van der Waals surface area contributed by atoms with E-state index in [0.29, 0.717) is 11.2 Å². The molecule has 0 N–H and O–H groups in total. The number of nitro groups is 1. The summed E-state index contributed by atoms with van der Waals surface area (Å²) in [6.07, 6.45) is 0. The Morgan fingerprint density at radius 2 is 2.00 bits per heavy atom. The number of anilines is 2.